The first-order valence-electron chi connectivity index (χ1n) is 6.98. The van der Waals surface area contributed by atoms with E-state index in [-0.39, 0.29) is 11.9 Å². The Kier molecular flexibility index (Phi) is 5.36. The molecule has 0 aliphatic heterocycles. The molecule has 1 fully saturated rings. The molecule has 0 radical (unpaired) electrons. The summed E-state index contributed by atoms with van der Waals surface area (Å²) in [6, 6.07) is 4.75. The number of carbonyl (C=O) groups excluding carboxylic acids is 1. The summed E-state index contributed by atoms with van der Waals surface area (Å²) < 4.78 is 0. The lowest BCUT2D eigenvalue weighted by Crippen LogP contribution is -2.43. The Morgan fingerprint density at radius 1 is 1.63 bits per heavy atom. The van der Waals surface area contributed by atoms with Gasteiger partial charge in [0, 0.05) is 36.5 Å². The number of likely N-dealkylation sites (N-methyl/N-ethyl adjacent to an activating group) is 1. The molecule has 106 valence electrons. The largest absolute Gasteiger partial charge is 0.353 e. The van der Waals surface area contributed by atoms with Gasteiger partial charge in [-0.15, -0.1) is 11.3 Å². The fourth-order valence-electron chi connectivity index (χ4n) is 2.19. The van der Waals surface area contributed by atoms with Crippen molar-refractivity contribution in [3.05, 3.63) is 22.4 Å². The fourth-order valence-corrected chi connectivity index (χ4v) is 2.92. The van der Waals surface area contributed by atoms with Crippen LogP contribution in [-0.4, -0.2) is 36.0 Å². The van der Waals surface area contributed by atoms with E-state index < -0.39 is 0 Å². The van der Waals surface area contributed by atoms with Gasteiger partial charge in [-0.1, -0.05) is 13.0 Å². The van der Waals surface area contributed by atoms with Gasteiger partial charge in [-0.2, -0.15) is 0 Å². The Hall–Kier alpha value is -0.910. The molecule has 0 saturated heterocycles. The Bertz CT molecular complexity index is 389. The average Bonchev–Trinajstić information content (AvgIpc) is 3.06. The number of rotatable bonds is 8. The van der Waals surface area contributed by atoms with Crippen molar-refractivity contribution in [2.45, 2.75) is 44.8 Å². The molecule has 19 heavy (non-hydrogen) atoms. The second-order valence-electron chi connectivity index (χ2n) is 5.08. The van der Waals surface area contributed by atoms with Crippen molar-refractivity contribution in [2.24, 2.45) is 5.73 Å². The molecule has 2 rings (SSSR count). The lowest BCUT2D eigenvalue weighted by molar-refractivity contribution is -0.122. The van der Waals surface area contributed by atoms with E-state index in [9.17, 15) is 4.79 Å². The Labute approximate surface area is 119 Å². The lowest BCUT2D eigenvalue weighted by atomic mass is 10.1. The van der Waals surface area contributed by atoms with Crippen LogP contribution in [0.2, 0.25) is 0 Å². The molecule has 1 amide bonds. The molecule has 4 nitrogen and oxygen atoms in total. The quantitative estimate of drug-likeness (QED) is 0.760. The molecule has 1 aliphatic carbocycles. The minimum atomic E-state index is 0.130. The van der Waals surface area contributed by atoms with E-state index >= 15 is 0 Å². The molecule has 1 atom stereocenters. The number of nitrogens with one attached hydrogen (secondary N) is 1. The van der Waals surface area contributed by atoms with E-state index in [2.05, 4.69) is 34.7 Å². The van der Waals surface area contributed by atoms with Crippen LogP contribution in [0, 0.1) is 0 Å². The molecule has 1 aromatic heterocycles. The molecule has 1 aromatic rings. The van der Waals surface area contributed by atoms with Crippen molar-refractivity contribution in [1.29, 1.82) is 0 Å². The zero-order valence-corrected chi connectivity index (χ0v) is 12.3. The highest BCUT2D eigenvalue weighted by Crippen LogP contribution is 2.19. The number of nitrogens with two attached hydrogens (primary N) is 1. The summed E-state index contributed by atoms with van der Waals surface area (Å²) in [6.45, 7) is 4.44. The molecule has 1 saturated carbocycles. The highest BCUT2D eigenvalue weighted by atomic mass is 32.1. The summed E-state index contributed by atoms with van der Waals surface area (Å²) in [4.78, 5) is 15.5. The third-order valence-electron chi connectivity index (χ3n) is 3.50. The summed E-state index contributed by atoms with van der Waals surface area (Å²) in [6.07, 6.45) is 2.77. The Balaban J connectivity index is 1.87. The molecule has 0 spiro atoms. The zero-order chi connectivity index (χ0) is 13.7. The standard InChI is InChI=1S/C14H23N3OS/c1-2-17(10-13-4-3-7-19-13)12(9-15)8-14(18)16-11-5-6-11/h3-4,7,11-12H,2,5-6,8-10,15H2,1H3,(H,16,18). The van der Waals surface area contributed by atoms with Gasteiger partial charge in [0.05, 0.1) is 0 Å². The number of nitrogens with zero attached hydrogens (tertiary/aromatic N) is 1. The minimum absolute atomic E-state index is 0.130. The summed E-state index contributed by atoms with van der Waals surface area (Å²) in [7, 11) is 0. The second kappa shape index (κ2) is 7.03. The number of thiophene rings is 1. The topological polar surface area (TPSA) is 58.4 Å². The third kappa shape index (κ3) is 4.60. The maximum absolute atomic E-state index is 11.9. The van der Waals surface area contributed by atoms with Gasteiger partial charge in [0.2, 0.25) is 5.91 Å². The van der Waals surface area contributed by atoms with Gasteiger partial charge in [0.1, 0.15) is 0 Å². The van der Waals surface area contributed by atoms with E-state index in [1.165, 1.54) is 4.88 Å². The summed E-state index contributed by atoms with van der Waals surface area (Å²) in [5.41, 5.74) is 5.85. The third-order valence-corrected chi connectivity index (χ3v) is 4.36. The normalized spacial score (nSPS) is 16.6. The number of hydrogen-bond acceptors (Lipinski definition) is 4. The van der Waals surface area contributed by atoms with E-state index in [4.69, 9.17) is 5.73 Å². The van der Waals surface area contributed by atoms with Crippen LogP contribution in [0.5, 0.6) is 0 Å². The van der Waals surface area contributed by atoms with E-state index in [0.29, 0.717) is 19.0 Å². The molecule has 1 heterocycles. The molecule has 1 aliphatic rings. The highest BCUT2D eigenvalue weighted by molar-refractivity contribution is 7.09. The van der Waals surface area contributed by atoms with Crippen LogP contribution in [0.1, 0.15) is 31.1 Å². The van der Waals surface area contributed by atoms with Crippen LogP contribution < -0.4 is 11.1 Å². The number of amides is 1. The first-order valence-corrected chi connectivity index (χ1v) is 7.86. The SMILES string of the molecule is CCN(Cc1cccs1)C(CN)CC(=O)NC1CC1. The van der Waals surface area contributed by atoms with Crippen molar-refractivity contribution in [3.63, 3.8) is 0 Å². The summed E-state index contributed by atoms with van der Waals surface area (Å²) >= 11 is 1.75. The van der Waals surface area contributed by atoms with Gasteiger partial charge in [-0.25, -0.2) is 0 Å². The zero-order valence-electron chi connectivity index (χ0n) is 11.5. The maximum Gasteiger partial charge on any atom is 0.221 e. The van der Waals surface area contributed by atoms with Crippen LogP contribution in [0.15, 0.2) is 17.5 Å². The van der Waals surface area contributed by atoms with Gasteiger partial charge in [0.25, 0.3) is 0 Å². The second-order valence-corrected chi connectivity index (χ2v) is 6.11. The number of carbonyl (C=O) groups is 1. The van der Waals surface area contributed by atoms with Gasteiger partial charge < -0.3 is 11.1 Å². The average molecular weight is 281 g/mol. The van der Waals surface area contributed by atoms with Crippen LogP contribution in [-0.2, 0) is 11.3 Å². The molecule has 1 unspecified atom stereocenters. The molecular weight excluding hydrogens is 258 g/mol. The van der Waals surface area contributed by atoms with Crippen molar-refractivity contribution in [2.75, 3.05) is 13.1 Å². The molecule has 5 heteroatoms. The van der Waals surface area contributed by atoms with Gasteiger partial charge in [-0.3, -0.25) is 9.69 Å². The summed E-state index contributed by atoms with van der Waals surface area (Å²) in [5.74, 6) is 0.141. The molecular formula is C14H23N3OS. The molecule has 0 aromatic carbocycles. The molecule has 3 N–H and O–H groups in total. The van der Waals surface area contributed by atoms with Crippen molar-refractivity contribution < 1.29 is 4.79 Å². The Morgan fingerprint density at radius 3 is 2.95 bits per heavy atom. The van der Waals surface area contributed by atoms with Crippen molar-refractivity contribution in [1.82, 2.24) is 10.2 Å². The van der Waals surface area contributed by atoms with E-state index in [1.807, 2.05) is 0 Å². The molecule has 0 bridgehead atoms. The minimum Gasteiger partial charge on any atom is -0.353 e. The monoisotopic (exact) mass is 281 g/mol. The predicted octanol–water partition coefficient (Wildman–Crippen LogP) is 1.57. The van der Waals surface area contributed by atoms with E-state index in [1.54, 1.807) is 11.3 Å². The van der Waals surface area contributed by atoms with Crippen molar-refractivity contribution >= 4 is 17.2 Å². The van der Waals surface area contributed by atoms with Gasteiger partial charge >= 0.3 is 0 Å². The van der Waals surface area contributed by atoms with E-state index in [0.717, 1.165) is 25.9 Å². The van der Waals surface area contributed by atoms with Gasteiger partial charge in [0.15, 0.2) is 0 Å². The van der Waals surface area contributed by atoms with Crippen LogP contribution in [0.3, 0.4) is 0 Å². The Morgan fingerprint density at radius 2 is 2.42 bits per heavy atom. The van der Waals surface area contributed by atoms with Crippen LogP contribution >= 0.6 is 11.3 Å². The first-order chi connectivity index (χ1) is 9.22. The van der Waals surface area contributed by atoms with Crippen LogP contribution in [0.25, 0.3) is 0 Å². The smallest absolute Gasteiger partial charge is 0.221 e. The number of hydrogen-bond donors (Lipinski definition) is 2. The first kappa shape index (κ1) is 14.5. The van der Waals surface area contributed by atoms with Gasteiger partial charge in [-0.05, 0) is 30.8 Å². The van der Waals surface area contributed by atoms with Crippen LogP contribution in [0.4, 0.5) is 0 Å². The highest BCUT2D eigenvalue weighted by Gasteiger charge is 2.26. The summed E-state index contributed by atoms with van der Waals surface area (Å²) in [5, 5.41) is 5.12. The lowest BCUT2D eigenvalue weighted by Gasteiger charge is -2.29. The predicted molar refractivity (Wildman–Crippen MR) is 79.0 cm³/mol. The van der Waals surface area contributed by atoms with Crippen molar-refractivity contribution in [3.8, 4) is 0 Å². The fraction of sp³-hybridized carbons (Fsp3) is 0.643. The maximum atomic E-state index is 11.9.